The summed E-state index contributed by atoms with van der Waals surface area (Å²) in [6, 6.07) is 22.9. The van der Waals surface area contributed by atoms with E-state index in [1.165, 1.54) is 29.0 Å². The maximum atomic E-state index is 14.0. The van der Waals surface area contributed by atoms with Crippen molar-refractivity contribution in [2.45, 2.75) is 25.3 Å². The lowest BCUT2D eigenvalue weighted by molar-refractivity contribution is -0.384. The first kappa shape index (κ1) is 28.4. The van der Waals surface area contributed by atoms with Gasteiger partial charge in [0.25, 0.3) is 11.2 Å². The van der Waals surface area contributed by atoms with E-state index in [0.717, 1.165) is 53.0 Å². The summed E-state index contributed by atoms with van der Waals surface area (Å²) >= 11 is 1.33. The molecule has 43 heavy (non-hydrogen) atoms. The van der Waals surface area contributed by atoms with E-state index in [1.807, 2.05) is 32.8 Å². The van der Waals surface area contributed by atoms with Crippen molar-refractivity contribution >= 4 is 40.6 Å². The number of aromatic nitrogens is 1. The lowest BCUT2D eigenvalue weighted by Crippen LogP contribution is -2.39. The first-order valence-corrected chi connectivity index (χ1v) is 15.1. The minimum absolute atomic E-state index is 0.00996. The summed E-state index contributed by atoms with van der Waals surface area (Å²) in [5.74, 6) is 0. The maximum Gasteiger partial charge on any atom is 0.271 e. The van der Waals surface area contributed by atoms with Gasteiger partial charge < -0.3 is 9.80 Å². The second-order valence-corrected chi connectivity index (χ2v) is 12.3. The van der Waals surface area contributed by atoms with Crippen molar-refractivity contribution in [3.8, 4) is 0 Å². The summed E-state index contributed by atoms with van der Waals surface area (Å²) in [7, 11) is 8.08. The fourth-order valence-electron chi connectivity index (χ4n) is 5.76. The third kappa shape index (κ3) is 5.56. The summed E-state index contributed by atoms with van der Waals surface area (Å²) < 4.78 is 2.31. The van der Waals surface area contributed by atoms with E-state index < -0.39 is 4.92 Å². The van der Waals surface area contributed by atoms with Gasteiger partial charge >= 0.3 is 0 Å². The average molecular weight is 592 g/mol. The molecule has 0 N–H and O–H groups in total. The van der Waals surface area contributed by atoms with Gasteiger partial charge in [-0.3, -0.25) is 19.5 Å². The topological polar surface area (TPSA) is 84.0 Å². The highest BCUT2D eigenvalue weighted by Crippen LogP contribution is 2.41. The molecule has 0 fully saturated rings. The molecule has 0 bridgehead atoms. The van der Waals surface area contributed by atoms with Crippen LogP contribution in [0.4, 0.5) is 17.1 Å². The van der Waals surface area contributed by atoms with Crippen LogP contribution >= 0.6 is 11.3 Å². The minimum atomic E-state index is -0.424. The molecule has 2 aliphatic rings. The smallest absolute Gasteiger partial charge is 0.271 e. The molecule has 1 atom stereocenters. The zero-order valence-electron chi connectivity index (χ0n) is 24.7. The number of allylic oxidation sites excluding steroid dienone is 2. The van der Waals surface area contributed by atoms with E-state index in [0.29, 0.717) is 14.9 Å². The Bertz CT molecular complexity index is 1950. The summed E-state index contributed by atoms with van der Waals surface area (Å²) in [6.07, 6.45) is 6.69. The Morgan fingerprint density at radius 2 is 1.58 bits per heavy atom. The molecule has 218 valence electrons. The normalized spacial score (nSPS) is 17.3. The number of nitro groups is 1. The van der Waals surface area contributed by atoms with Gasteiger partial charge in [-0.25, -0.2) is 4.99 Å². The number of hydrogen-bond donors (Lipinski definition) is 0. The zero-order valence-corrected chi connectivity index (χ0v) is 25.5. The molecule has 0 saturated heterocycles. The van der Waals surface area contributed by atoms with Crippen molar-refractivity contribution < 1.29 is 4.92 Å². The van der Waals surface area contributed by atoms with E-state index in [-0.39, 0.29) is 17.3 Å². The monoisotopic (exact) mass is 591 g/mol. The van der Waals surface area contributed by atoms with Crippen LogP contribution in [0.3, 0.4) is 0 Å². The van der Waals surface area contributed by atoms with Crippen LogP contribution < -0.4 is 24.7 Å². The van der Waals surface area contributed by atoms with Crippen molar-refractivity contribution in [3.63, 3.8) is 0 Å². The SMILES string of the molecule is CN(C)c1ccc(/C=C2\CCCC3=C2N=c2s/c(=C\c4cccc([N+](=O)[O-])c4)c(=O)n2[C@H]3c2ccc(N(C)C)cc2)cc1. The maximum absolute atomic E-state index is 14.0. The average Bonchev–Trinajstić information content (AvgIpc) is 3.30. The van der Waals surface area contributed by atoms with Crippen LogP contribution in [0.2, 0.25) is 0 Å². The number of nitro benzene ring substituents is 1. The molecule has 8 nitrogen and oxygen atoms in total. The van der Waals surface area contributed by atoms with Gasteiger partial charge in [0.15, 0.2) is 4.80 Å². The van der Waals surface area contributed by atoms with Crippen molar-refractivity contribution in [3.05, 3.63) is 136 Å². The zero-order chi connectivity index (χ0) is 30.2. The standard InChI is InChI=1S/C34H33N5O3S/c1-36(2)26-15-11-22(12-16-26)19-25-8-6-10-29-31(25)35-34-38(32(29)24-13-17-27(18-14-24)37(3)4)33(40)30(43-34)21-23-7-5-9-28(20-23)39(41)42/h5,7,9,11-21,32H,6,8,10H2,1-4H3/b25-19+,30-21-/t32-/m0/s1. The lowest BCUT2D eigenvalue weighted by Gasteiger charge is -2.31. The van der Waals surface area contributed by atoms with Crippen LogP contribution in [0.1, 0.15) is 42.0 Å². The molecule has 6 rings (SSSR count). The largest absolute Gasteiger partial charge is 0.378 e. The van der Waals surface area contributed by atoms with Crippen LogP contribution in [0.25, 0.3) is 12.2 Å². The number of rotatable bonds is 6. The van der Waals surface area contributed by atoms with Crippen molar-refractivity contribution in [2.24, 2.45) is 4.99 Å². The number of non-ortho nitro benzene ring substituents is 1. The van der Waals surface area contributed by atoms with Gasteiger partial charge in [0.05, 0.1) is 21.2 Å². The fraction of sp³-hybridized carbons (Fsp3) is 0.235. The summed E-state index contributed by atoms with van der Waals surface area (Å²) in [4.78, 5) is 34.9. The summed E-state index contributed by atoms with van der Waals surface area (Å²) in [5, 5.41) is 11.3. The number of fused-ring (bicyclic) bond motifs is 1. The molecule has 1 aromatic heterocycles. The summed E-state index contributed by atoms with van der Waals surface area (Å²) in [6.45, 7) is 0. The predicted molar refractivity (Wildman–Crippen MR) is 175 cm³/mol. The van der Waals surface area contributed by atoms with E-state index >= 15 is 0 Å². The van der Waals surface area contributed by atoms with Gasteiger partial charge in [-0.2, -0.15) is 0 Å². The van der Waals surface area contributed by atoms with Crippen LogP contribution in [-0.4, -0.2) is 37.7 Å². The van der Waals surface area contributed by atoms with Crippen molar-refractivity contribution in [1.29, 1.82) is 0 Å². The highest BCUT2D eigenvalue weighted by molar-refractivity contribution is 7.07. The molecule has 2 heterocycles. The third-order valence-corrected chi connectivity index (χ3v) is 8.97. The number of benzene rings is 3. The predicted octanol–water partition coefficient (Wildman–Crippen LogP) is 5.52. The molecule has 0 saturated carbocycles. The Balaban J connectivity index is 1.53. The number of anilines is 2. The molecule has 0 radical (unpaired) electrons. The van der Waals surface area contributed by atoms with E-state index in [2.05, 4.69) is 64.4 Å². The molecule has 3 aromatic carbocycles. The highest BCUT2D eigenvalue weighted by Gasteiger charge is 2.32. The van der Waals surface area contributed by atoms with Gasteiger partial charge in [0.1, 0.15) is 0 Å². The molecular weight excluding hydrogens is 558 g/mol. The van der Waals surface area contributed by atoms with Crippen molar-refractivity contribution in [1.82, 2.24) is 4.57 Å². The van der Waals surface area contributed by atoms with Crippen LogP contribution in [0, 0.1) is 10.1 Å². The van der Waals surface area contributed by atoms with Gasteiger partial charge in [-0.05, 0) is 83.5 Å². The summed E-state index contributed by atoms with van der Waals surface area (Å²) in [5.41, 5.74) is 8.12. The Hall–Kier alpha value is -4.76. The van der Waals surface area contributed by atoms with Crippen LogP contribution in [0.5, 0.6) is 0 Å². The minimum Gasteiger partial charge on any atom is -0.378 e. The highest BCUT2D eigenvalue weighted by atomic mass is 32.1. The quantitative estimate of drug-likeness (QED) is 0.218. The lowest BCUT2D eigenvalue weighted by atomic mass is 9.83. The Labute approximate surface area is 254 Å². The number of thiazole rings is 1. The van der Waals surface area contributed by atoms with E-state index in [1.54, 1.807) is 18.2 Å². The van der Waals surface area contributed by atoms with Gasteiger partial charge in [-0.1, -0.05) is 47.7 Å². The van der Waals surface area contributed by atoms with E-state index in [4.69, 9.17) is 4.99 Å². The number of hydrogen-bond acceptors (Lipinski definition) is 7. The van der Waals surface area contributed by atoms with Gasteiger partial charge in [-0.15, -0.1) is 0 Å². The Kier molecular flexibility index (Phi) is 7.58. The molecule has 9 heteroatoms. The molecule has 0 spiro atoms. The molecule has 1 aliphatic carbocycles. The molecule has 0 unspecified atom stereocenters. The van der Waals surface area contributed by atoms with Gasteiger partial charge in [0.2, 0.25) is 0 Å². The third-order valence-electron chi connectivity index (χ3n) is 7.99. The second-order valence-electron chi connectivity index (χ2n) is 11.3. The van der Waals surface area contributed by atoms with Gasteiger partial charge in [0, 0.05) is 51.7 Å². The molecule has 1 aliphatic heterocycles. The fourth-order valence-corrected chi connectivity index (χ4v) is 6.76. The molecular formula is C34H33N5O3S. The Morgan fingerprint density at radius 3 is 2.23 bits per heavy atom. The van der Waals surface area contributed by atoms with E-state index in [9.17, 15) is 14.9 Å². The molecule has 4 aromatic rings. The number of nitrogens with zero attached hydrogens (tertiary/aromatic N) is 5. The first-order chi connectivity index (χ1) is 20.7. The Morgan fingerprint density at radius 1 is 0.907 bits per heavy atom. The van der Waals surface area contributed by atoms with Crippen LogP contribution in [0.15, 0.2) is 99.4 Å². The van der Waals surface area contributed by atoms with Crippen molar-refractivity contribution in [2.75, 3.05) is 38.0 Å². The second kappa shape index (κ2) is 11.5. The molecule has 0 amide bonds. The first-order valence-electron chi connectivity index (χ1n) is 14.2. The van der Waals surface area contributed by atoms with Crippen LogP contribution in [-0.2, 0) is 0 Å².